The van der Waals surface area contributed by atoms with E-state index < -0.39 is 5.54 Å². The molecule has 1 heterocycles. The molecule has 0 saturated heterocycles. The highest BCUT2D eigenvalue weighted by molar-refractivity contribution is 5.86. The third-order valence-corrected chi connectivity index (χ3v) is 5.04. The number of carbonyl (C=O) groups is 1. The molecule has 1 saturated carbocycles. The number of halogens is 1. The minimum atomic E-state index is -0.681. The van der Waals surface area contributed by atoms with E-state index >= 15 is 0 Å². The second-order valence-electron chi connectivity index (χ2n) is 6.57. The average molecular weight is 339 g/mol. The maximum atomic E-state index is 12.7. The van der Waals surface area contributed by atoms with Crippen molar-refractivity contribution < 1.29 is 9.53 Å². The summed E-state index contributed by atoms with van der Waals surface area (Å²) in [6.45, 7) is 2.77. The number of nitrogens with one attached hydrogen (secondary N) is 1. The Balaban J connectivity index is 0.00000192. The summed E-state index contributed by atoms with van der Waals surface area (Å²) in [5.41, 5.74) is 7.97. The van der Waals surface area contributed by atoms with Crippen LogP contribution in [0.2, 0.25) is 0 Å². The highest BCUT2D eigenvalue weighted by Crippen LogP contribution is 2.36. The zero-order valence-electron chi connectivity index (χ0n) is 13.8. The number of carbonyl (C=O) groups excluding carboxylic acids is 1. The number of hydrogen-bond acceptors (Lipinski definition) is 3. The summed E-state index contributed by atoms with van der Waals surface area (Å²) in [4.78, 5) is 12.7. The molecule has 0 aromatic heterocycles. The van der Waals surface area contributed by atoms with Gasteiger partial charge in [-0.05, 0) is 24.8 Å². The molecule has 3 rings (SSSR count). The Morgan fingerprint density at radius 2 is 2.09 bits per heavy atom. The fourth-order valence-corrected chi connectivity index (χ4v) is 3.63. The molecule has 1 aliphatic heterocycles. The highest BCUT2D eigenvalue weighted by atomic mass is 35.5. The highest BCUT2D eigenvalue weighted by Gasteiger charge is 2.37. The number of benzene rings is 1. The Labute approximate surface area is 144 Å². The molecule has 1 aromatic rings. The van der Waals surface area contributed by atoms with Crippen molar-refractivity contribution in [2.45, 2.75) is 63.5 Å². The van der Waals surface area contributed by atoms with Crippen LogP contribution in [0.5, 0.6) is 5.75 Å². The summed E-state index contributed by atoms with van der Waals surface area (Å²) in [5, 5.41) is 3.19. The van der Waals surface area contributed by atoms with E-state index in [4.69, 9.17) is 10.5 Å². The van der Waals surface area contributed by atoms with Crippen LogP contribution in [0.15, 0.2) is 18.2 Å². The van der Waals surface area contributed by atoms with E-state index in [1.807, 2.05) is 6.07 Å². The van der Waals surface area contributed by atoms with Crippen LogP contribution in [-0.4, -0.2) is 18.1 Å². The van der Waals surface area contributed by atoms with Gasteiger partial charge in [-0.15, -0.1) is 12.4 Å². The van der Waals surface area contributed by atoms with Crippen LogP contribution in [0.1, 0.15) is 62.6 Å². The van der Waals surface area contributed by atoms with Crippen LogP contribution in [-0.2, 0) is 11.2 Å². The molecule has 3 N–H and O–H groups in total. The van der Waals surface area contributed by atoms with Crippen LogP contribution in [0.4, 0.5) is 0 Å². The first-order valence-electron chi connectivity index (χ1n) is 8.48. The number of hydrogen-bond donors (Lipinski definition) is 2. The predicted octanol–water partition coefficient (Wildman–Crippen LogP) is 3.27. The molecule has 0 radical (unpaired) electrons. The third kappa shape index (κ3) is 3.64. The average Bonchev–Trinajstić information content (AvgIpc) is 2.55. The lowest BCUT2D eigenvalue weighted by Crippen LogP contribution is -2.55. The van der Waals surface area contributed by atoms with Gasteiger partial charge in [0.1, 0.15) is 5.75 Å². The summed E-state index contributed by atoms with van der Waals surface area (Å²) < 4.78 is 5.85. The van der Waals surface area contributed by atoms with Crippen molar-refractivity contribution >= 4 is 18.3 Å². The van der Waals surface area contributed by atoms with Gasteiger partial charge in [0, 0.05) is 12.0 Å². The molecule has 1 atom stereocenters. The number of para-hydroxylation sites is 1. The van der Waals surface area contributed by atoms with Gasteiger partial charge >= 0.3 is 0 Å². The lowest BCUT2D eigenvalue weighted by Gasteiger charge is -2.35. The number of nitrogens with two attached hydrogens (primary N) is 1. The van der Waals surface area contributed by atoms with Crippen LogP contribution in [0.3, 0.4) is 0 Å². The summed E-state index contributed by atoms with van der Waals surface area (Å²) in [6.07, 6.45) is 6.62. The van der Waals surface area contributed by atoms with Gasteiger partial charge in [-0.25, -0.2) is 0 Å². The zero-order valence-corrected chi connectivity index (χ0v) is 14.6. The maximum absolute atomic E-state index is 12.7. The number of amides is 1. The Kier molecular flexibility index (Phi) is 5.93. The number of fused-ring (bicyclic) bond motifs is 1. The van der Waals surface area contributed by atoms with Crippen molar-refractivity contribution in [3.8, 4) is 5.75 Å². The molecule has 128 valence electrons. The van der Waals surface area contributed by atoms with Crippen molar-refractivity contribution in [2.75, 3.05) is 6.61 Å². The van der Waals surface area contributed by atoms with Crippen molar-refractivity contribution in [3.63, 3.8) is 0 Å². The van der Waals surface area contributed by atoms with Gasteiger partial charge in [0.25, 0.3) is 0 Å². The van der Waals surface area contributed by atoms with Crippen LogP contribution in [0.25, 0.3) is 0 Å². The summed E-state index contributed by atoms with van der Waals surface area (Å²) in [7, 11) is 0. The quantitative estimate of drug-likeness (QED) is 0.889. The molecule has 1 aromatic carbocycles. The van der Waals surface area contributed by atoms with Gasteiger partial charge in [0.05, 0.1) is 18.2 Å². The molecule has 5 heteroatoms. The molecule has 1 fully saturated rings. The molecule has 1 amide bonds. The van der Waals surface area contributed by atoms with Gasteiger partial charge < -0.3 is 15.8 Å². The van der Waals surface area contributed by atoms with Gasteiger partial charge in [-0.3, -0.25) is 4.79 Å². The normalized spacial score (nSPS) is 22.3. The van der Waals surface area contributed by atoms with E-state index in [0.717, 1.165) is 49.8 Å². The van der Waals surface area contributed by atoms with Gasteiger partial charge in [-0.2, -0.15) is 0 Å². The molecular weight excluding hydrogens is 312 g/mol. The van der Waals surface area contributed by atoms with E-state index in [2.05, 4.69) is 24.4 Å². The first-order chi connectivity index (χ1) is 10.6. The van der Waals surface area contributed by atoms with Gasteiger partial charge in [-0.1, -0.05) is 44.4 Å². The monoisotopic (exact) mass is 338 g/mol. The number of aryl methyl sites for hydroxylation is 1. The van der Waals surface area contributed by atoms with E-state index in [9.17, 15) is 4.79 Å². The van der Waals surface area contributed by atoms with E-state index in [-0.39, 0.29) is 24.4 Å². The molecule has 0 spiro atoms. The van der Waals surface area contributed by atoms with Crippen LogP contribution < -0.4 is 15.8 Å². The maximum Gasteiger partial charge on any atom is 0.240 e. The second kappa shape index (κ2) is 7.54. The lowest BCUT2D eigenvalue weighted by molar-refractivity contribution is -0.128. The fraction of sp³-hybridized carbons (Fsp3) is 0.611. The molecule has 4 nitrogen and oxygen atoms in total. The Hall–Kier alpha value is -1.26. The molecule has 1 aliphatic carbocycles. The second-order valence-corrected chi connectivity index (χ2v) is 6.57. The smallest absolute Gasteiger partial charge is 0.240 e. The predicted molar refractivity (Wildman–Crippen MR) is 94.1 cm³/mol. The molecule has 1 unspecified atom stereocenters. The first-order valence-corrected chi connectivity index (χ1v) is 8.48. The van der Waals surface area contributed by atoms with Gasteiger partial charge in [0.15, 0.2) is 0 Å². The lowest BCUT2D eigenvalue weighted by atomic mass is 9.81. The molecule has 2 aliphatic rings. The topological polar surface area (TPSA) is 64.3 Å². The molecule has 0 bridgehead atoms. The summed E-state index contributed by atoms with van der Waals surface area (Å²) >= 11 is 0. The number of rotatable bonds is 3. The SMILES string of the molecule is CCc1cccc2c1OCCC2NC(=O)C1(N)CCCCC1.Cl. The summed E-state index contributed by atoms with van der Waals surface area (Å²) in [6, 6.07) is 6.21. The van der Waals surface area contributed by atoms with E-state index in [1.54, 1.807) is 0 Å². The van der Waals surface area contributed by atoms with E-state index in [0.29, 0.717) is 6.61 Å². The first kappa shape index (κ1) is 18.1. The van der Waals surface area contributed by atoms with Crippen LogP contribution >= 0.6 is 12.4 Å². The molecular formula is C18H27ClN2O2. The zero-order chi connectivity index (χ0) is 15.6. The minimum Gasteiger partial charge on any atom is -0.493 e. The Morgan fingerprint density at radius 3 is 2.78 bits per heavy atom. The van der Waals surface area contributed by atoms with Crippen molar-refractivity contribution in [3.05, 3.63) is 29.3 Å². The third-order valence-electron chi connectivity index (χ3n) is 5.04. The largest absolute Gasteiger partial charge is 0.493 e. The van der Waals surface area contributed by atoms with Crippen molar-refractivity contribution in [1.29, 1.82) is 0 Å². The van der Waals surface area contributed by atoms with E-state index in [1.165, 1.54) is 12.0 Å². The fourth-order valence-electron chi connectivity index (χ4n) is 3.63. The summed E-state index contributed by atoms with van der Waals surface area (Å²) in [5.74, 6) is 0.961. The number of ether oxygens (including phenoxy) is 1. The van der Waals surface area contributed by atoms with Gasteiger partial charge in [0.2, 0.25) is 5.91 Å². The van der Waals surface area contributed by atoms with Crippen molar-refractivity contribution in [2.24, 2.45) is 5.73 Å². The Morgan fingerprint density at radius 1 is 1.35 bits per heavy atom. The molecule has 23 heavy (non-hydrogen) atoms. The Bertz CT molecular complexity index is 556. The standard InChI is InChI=1S/C18H26N2O2.ClH/c1-2-13-7-6-8-14-15(9-12-22-16(13)14)20-17(21)18(19)10-4-3-5-11-18;/h6-8,15H,2-5,9-12,19H2,1H3,(H,20,21);1H. The minimum absolute atomic E-state index is 0. The van der Waals surface area contributed by atoms with Crippen molar-refractivity contribution in [1.82, 2.24) is 5.32 Å². The van der Waals surface area contributed by atoms with Crippen LogP contribution in [0, 0.1) is 0 Å².